The van der Waals surface area contributed by atoms with Crippen LogP contribution in [0.25, 0.3) is 0 Å². The van der Waals surface area contributed by atoms with Gasteiger partial charge >= 0.3 is 0 Å². The second-order valence-electron chi connectivity index (χ2n) is 5.39. The van der Waals surface area contributed by atoms with E-state index >= 15 is 0 Å². The molecule has 1 saturated heterocycles. The van der Waals surface area contributed by atoms with Gasteiger partial charge in [0, 0.05) is 10.9 Å². The second-order valence-corrected chi connectivity index (χ2v) is 6.97. The Balaban J connectivity index is 1.90. The maximum atomic E-state index is 12.2. The van der Waals surface area contributed by atoms with Crippen LogP contribution in [0.1, 0.15) is 42.3 Å². The first-order chi connectivity index (χ1) is 9.99. The van der Waals surface area contributed by atoms with Crippen molar-refractivity contribution in [3.05, 3.63) is 15.6 Å². The van der Waals surface area contributed by atoms with Gasteiger partial charge in [-0.05, 0) is 45.3 Å². The average Bonchev–Trinajstić information content (AvgIpc) is 2.75. The Labute approximate surface area is 134 Å². The van der Waals surface area contributed by atoms with Crippen molar-refractivity contribution in [3.63, 3.8) is 0 Å². The number of hydrogen-bond donors (Lipinski definition) is 3. The molecule has 21 heavy (non-hydrogen) atoms. The predicted octanol–water partition coefficient (Wildman–Crippen LogP) is 1.65. The minimum Gasteiger partial charge on any atom is -0.360 e. The molecule has 0 saturated carbocycles. The van der Waals surface area contributed by atoms with Gasteiger partial charge < -0.3 is 16.0 Å². The number of amides is 1. The molecule has 1 aliphatic rings. The molecule has 2 heterocycles. The van der Waals surface area contributed by atoms with E-state index in [-0.39, 0.29) is 18.0 Å². The molecule has 0 aliphatic carbocycles. The van der Waals surface area contributed by atoms with Crippen LogP contribution < -0.4 is 16.0 Å². The molecule has 5 nitrogen and oxygen atoms in total. The standard InChI is InChI=1S/C14H22N4OS2/c1-4-5-12-17-9(3)11(21-12)7-15-13(19)10-6-8(2)16-14(20)18-10/h8,10H,4-7H2,1-3H3,(H,15,19)(H2,16,18,20)/t8-,10+/m1/s1. The first kappa shape index (κ1) is 16.2. The van der Waals surface area contributed by atoms with Gasteiger partial charge in [0.05, 0.1) is 17.2 Å². The highest BCUT2D eigenvalue weighted by Gasteiger charge is 2.26. The fraction of sp³-hybridized carbons (Fsp3) is 0.643. The maximum absolute atomic E-state index is 12.2. The largest absolute Gasteiger partial charge is 0.360 e. The third-order valence-electron chi connectivity index (χ3n) is 3.41. The molecule has 0 aromatic carbocycles. The molecule has 1 aliphatic heterocycles. The highest BCUT2D eigenvalue weighted by molar-refractivity contribution is 7.80. The zero-order chi connectivity index (χ0) is 15.4. The zero-order valence-corrected chi connectivity index (χ0v) is 14.3. The topological polar surface area (TPSA) is 66.0 Å². The number of carbonyl (C=O) groups is 1. The molecule has 1 aromatic heterocycles. The van der Waals surface area contributed by atoms with E-state index in [0.29, 0.717) is 11.7 Å². The van der Waals surface area contributed by atoms with Crippen LogP contribution in [0, 0.1) is 6.92 Å². The quantitative estimate of drug-likeness (QED) is 0.718. The van der Waals surface area contributed by atoms with Gasteiger partial charge in [0.15, 0.2) is 5.11 Å². The number of nitrogens with one attached hydrogen (secondary N) is 3. The number of thiazole rings is 1. The number of hydrogen-bond acceptors (Lipinski definition) is 4. The molecule has 116 valence electrons. The molecule has 1 amide bonds. The van der Waals surface area contributed by atoms with Gasteiger partial charge in [-0.25, -0.2) is 4.98 Å². The third kappa shape index (κ3) is 4.38. The summed E-state index contributed by atoms with van der Waals surface area (Å²) in [6, 6.07) is -0.0344. The summed E-state index contributed by atoms with van der Waals surface area (Å²) in [5.74, 6) is -0.00413. The van der Waals surface area contributed by atoms with Crippen LogP contribution in [0.4, 0.5) is 0 Å². The van der Waals surface area contributed by atoms with Crippen LogP contribution in [0.5, 0.6) is 0 Å². The summed E-state index contributed by atoms with van der Waals surface area (Å²) in [6.45, 7) is 6.71. The minimum absolute atomic E-state index is 0.00413. The summed E-state index contributed by atoms with van der Waals surface area (Å²) < 4.78 is 0. The lowest BCUT2D eigenvalue weighted by Gasteiger charge is -2.30. The van der Waals surface area contributed by atoms with Gasteiger partial charge in [-0.15, -0.1) is 11.3 Å². The lowest BCUT2D eigenvalue weighted by Crippen LogP contribution is -2.58. The number of rotatable bonds is 5. The first-order valence-electron chi connectivity index (χ1n) is 7.29. The van der Waals surface area contributed by atoms with Crippen molar-refractivity contribution in [3.8, 4) is 0 Å². The van der Waals surface area contributed by atoms with Crippen molar-refractivity contribution in [1.82, 2.24) is 20.9 Å². The molecule has 0 spiro atoms. The number of aryl methyl sites for hydroxylation is 2. The molecule has 3 N–H and O–H groups in total. The van der Waals surface area contributed by atoms with Crippen LogP contribution in [0.2, 0.25) is 0 Å². The van der Waals surface area contributed by atoms with Crippen molar-refractivity contribution >= 4 is 34.6 Å². The van der Waals surface area contributed by atoms with E-state index in [9.17, 15) is 4.79 Å². The summed E-state index contributed by atoms with van der Waals surface area (Å²) in [5.41, 5.74) is 1.02. The predicted molar refractivity (Wildman–Crippen MR) is 89.4 cm³/mol. The Bertz CT molecular complexity index is 529. The van der Waals surface area contributed by atoms with Crippen molar-refractivity contribution in [2.75, 3.05) is 0 Å². The summed E-state index contributed by atoms with van der Waals surface area (Å²) in [7, 11) is 0. The number of aromatic nitrogens is 1. The van der Waals surface area contributed by atoms with Crippen LogP contribution in [0.15, 0.2) is 0 Å². The monoisotopic (exact) mass is 326 g/mol. The first-order valence-corrected chi connectivity index (χ1v) is 8.52. The molecule has 1 fully saturated rings. The lowest BCUT2D eigenvalue weighted by atomic mass is 10.1. The van der Waals surface area contributed by atoms with Crippen molar-refractivity contribution in [2.45, 2.75) is 58.7 Å². The van der Waals surface area contributed by atoms with Crippen molar-refractivity contribution in [2.24, 2.45) is 0 Å². The summed E-state index contributed by atoms with van der Waals surface area (Å²) in [4.78, 5) is 17.9. The van der Waals surface area contributed by atoms with Crippen LogP contribution in [-0.4, -0.2) is 28.1 Å². The third-order valence-corrected chi connectivity index (χ3v) is 4.87. The molecule has 2 atom stereocenters. The molecular weight excluding hydrogens is 304 g/mol. The van der Waals surface area contributed by atoms with E-state index in [4.69, 9.17) is 12.2 Å². The summed E-state index contributed by atoms with van der Waals surface area (Å²) in [6.07, 6.45) is 2.82. The summed E-state index contributed by atoms with van der Waals surface area (Å²) >= 11 is 6.79. The van der Waals surface area contributed by atoms with Gasteiger partial charge in [0.1, 0.15) is 6.04 Å². The van der Waals surface area contributed by atoms with Crippen LogP contribution in [0.3, 0.4) is 0 Å². The molecule has 0 bridgehead atoms. The van der Waals surface area contributed by atoms with E-state index in [2.05, 4.69) is 27.9 Å². The Kier molecular flexibility index (Phi) is 5.52. The lowest BCUT2D eigenvalue weighted by molar-refractivity contribution is -0.123. The highest BCUT2D eigenvalue weighted by atomic mass is 32.1. The van der Waals surface area contributed by atoms with E-state index in [0.717, 1.165) is 34.8 Å². The molecule has 1 aromatic rings. The van der Waals surface area contributed by atoms with Gasteiger partial charge in [-0.2, -0.15) is 0 Å². The van der Waals surface area contributed by atoms with Crippen molar-refractivity contribution < 1.29 is 4.79 Å². The fourth-order valence-corrected chi connectivity index (χ4v) is 3.79. The molecule has 7 heteroatoms. The summed E-state index contributed by atoms with van der Waals surface area (Å²) in [5, 5.41) is 10.8. The van der Waals surface area contributed by atoms with Crippen molar-refractivity contribution in [1.29, 1.82) is 0 Å². The number of nitrogens with zero attached hydrogens (tertiary/aromatic N) is 1. The molecule has 2 rings (SSSR count). The highest BCUT2D eigenvalue weighted by Crippen LogP contribution is 2.19. The minimum atomic E-state index is -0.253. The SMILES string of the molecule is CCCc1nc(C)c(CNC(=O)[C@@H]2C[C@@H](C)NC(=S)N2)s1. The smallest absolute Gasteiger partial charge is 0.242 e. The van der Waals surface area contributed by atoms with Gasteiger partial charge in [0.2, 0.25) is 5.91 Å². The van der Waals surface area contributed by atoms with Crippen LogP contribution >= 0.6 is 23.6 Å². The van der Waals surface area contributed by atoms with E-state index < -0.39 is 0 Å². The maximum Gasteiger partial charge on any atom is 0.242 e. The van der Waals surface area contributed by atoms with Gasteiger partial charge in [-0.3, -0.25) is 4.79 Å². The Morgan fingerprint density at radius 2 is 2.29 bits per heavy atom. The Morgan fingerprint density at radius 1 is 1.52 bits per heavy atom. The molecule has 0 radical (unpaired) electrons. The fourth-order valence-electron chi connectivity index (χ4n) is 2.33. The number of thiocarbonyl (C=S) groups is 1. The second kappa shape index (κ2) is 7.17. The Hall–Kier alpha value is -1.21. The van der Waals surface area contributed by atoms with E-state index in [1.807, 2.05) is 13.8 Å². The van der Waals surface area contributed by atoms with E-state index in [1.165, 1.54) is 0 Å². The average molecular weight is 326 g/mol. The normalized spacial score (nSPS) is 21.6. The van der Waals surface area contributed by atoms with Gasteiger partial charge in [-0.1, -0.05) is 6.92 Å². The molecular formula is C14H22N4OS2. The Morgan fingerprint density at radius 3 is 2.95 bits per heavy atom. The van der Waals surface area contributed by atoms with E-state index in [1.54, 1.807) is 11.3 Å². The zero-order valence-electron chi connectivity index (χ0n) is 12.7. The molecule has 0 unspecified atom stereocenters. The van der Waals surface area contributed by atoms with Gasteiger partial charge in [0.25, 0.3) is 0 Å². The van der Waals surface area contributed by atoms with Crippen LogP contribution in [-0.2, 0) is 17.8 Å². The number of carbonyl (C=O) groups excluding carboxylic acids is 1.